The number of nitro benzene ring substituents is 1. The highest BCUT2D eigenvalue weighted by molar-refractivity contribution is 7.15. The molecular weight excluding hydrogens is 412 g/mol. The second-order valence-corrected chi connectivity index (χ2v) is 8.19. The number of ether oxygens (including phenoxy) is 2. The number of carbonyl (C=O) groups excluding carboxylic acids is 2. The van der Waals surface area contributed by atoms with Gasteiger partial charge in [0, 0.05) is 29.8 Å². The summed E-state index contributed by atoms with van der Waals surface area (Å²) in [4.78, 5) is 42.9. The molecule has 158 valence electrons. The number of thiazole rings is 1. The summed E-state index contributed by atoms with van der Waals surface area (Å²) >= 11 is 1.33. The molecule has 1 N–H and O–H groups in total. The van der Waals surface area contributed by atoms with E-state index < -0.39 is 10.8 Å². The number of anilines is 1. The van der Waals surface area contributed by atoms with Crippen molar-refractivity contribution in [3.8, 4) is 11.5 Å². The lowest BCUT2D eigenvalue weighted by Crippen LogP contribution is -2.35. The maximum Gasteiger partial charge on any atom is 0.286 e. The van der Waals surface area contributed by atoms with Gasteiger partial charge < -0.3 is 19.7 Å². The van der Waals surface area contributed by atoms with Crippen LogP contribution in [-0.4, -0.2) is 47.4 Å². The SMILES string of the molecule is COc1cc(C(=O)N2CCc3nc(NC(=O)C4CC4)sc3C2)c([N+](=O)[O-])cc1OC. The highest BCUT2D eigenvalue weighted by atomic mass is 32.1. The molecule has 1 saturated carbocycles. The van der Waals surface area contributed by atoms with Crippen LogP contribution in [0.5, 0.6) is 11.5 Å². The Morgan fingerprint density at radius 2 is 1.97 bits per heavy atom. The smallest absolute Gasteiger partial charge is 0.286 e. The first-order chi connectivity index (χ1) is 14.4. The number of nitro groups is 1. The van der Waals surface area contributed by atoms with Crippen LogP contribution in [0.25, 0.3) is 0 Å². The third-order valence-corrected chi connectivity index (χ3v) is 6.12. The van der Waals surface area contributed by atoms with Gasteiger partial charge in [0.25, 0.3) is 11.6 Å². The molecule has 11 heteroatoms. The van der Waals surface area contributed by atoms with Gasteiger partial charge in [-0.05, 0) is 12.8 Å². The van der Waals surface area contributed by atoms with Crippen LogP contribution in [0.15, 0.2) is 12.1 Å². The molecule has 1 aromatic heterocycles. The van der Waals surface area contributed by atoms with Crippen LogP contribution in [-0.2, 0) is 17.8 Å². The molecule has 0 unspecified atom stereocenters. The number of rotatable bonds is 6. The summed E-state index contributed by atoms with van der Waals surface area (Å²) < 4.78 is 10.3. The van der Waals surface area contributed by atoms with Crippen molar-refractivity contribution < 1.29 is 24.0 Å². The molecule has 1 aromatic carbocycles. The van der Waals surface area contributed by atoms with Crippen LogP contribution in [0.2, 0.25) is 0 Å². The number of benzene rings is 1. The number of amides is 2. The van der Waals surface area contributed by atoms with Gasteiger partial charge in [0.05, 0.1) is 37.4 Å². The zero-order valence-electron chi connectivity index (χ0n) is 16.5. The van der Waals surface area contributed by atoms with Gasteiger partial charge in [0.2, 0.25) is 5.91 Å². The second kappa shape index (κ2) is 7.90. The lowest BCUT2D eigenvalue weighted by Gasteiger charge is -2.26. The quantitative estimate of drug-likeness (QED) is 0.550. The summed E-state index contributed by atoms with van der Waals surface area (Å²) in [6.45, 7) is 0.647. The molecule has 0 spiro atoms. The van der Waals surface area contributed by atoms with Gasteiger partial charge in [-0.3, -0.25) is 19.7 Å². The van der Waals surface area contributed by atoms with Crippen LogP contribution in [0, 0.1) is 16.0 Å². The number of fused-ring (bicyclic) bond motifs is 1. The van der Waals surface area contributed by atoms with Gasteiger partial charge in [-0.2, -0.15) is 0 Å². The predicted octanol–water partition coefficient (Wildman–Crippen LogP) is 2.62. The van der Waals surface area contributed by atoms with E-state index in [-0.39, 0.29) is 41.1 Å². The van der Waals surface area contributed by atoms with Crippen LogP contribution < -0.4 is 14.8 Å². The Kier molecular flexibility index (Phi) is 5.29. The molecular formula is C19H20N4O6S. The fraction of sp³-hybridized carbons (Fsp3) is 0.421. The molecule has 2 aliphatic rings. The summed E-state index contributed by atoms with van der Waals surface area (Å²) in [6, 6.07) is 2.53. The molecule has 2 heterocycles. The van der Waals surface area contributed by atoms with Crippen molar-refractivity contribution in [1.29, 1.82) is 0 Å². The molecule has 30 heavy (non-hydrogen) atoms. The molecule has 0 saturated heterocycles. The van der Waals surface area contributed by atoms with Crippen molar-refractivity contribution in [1.82, 2.24) is 9.88 Å². The van der Waals surface area contributed by atoms with E-state index in [1.165, 1.54) is 37.7 Å². The molecule has 0 bridgehead atoms. The number of nitrogens with one attached hydrogen (secondary N) is 1. The fourth-order valence-electron chi connectivity index (χ4n) is 3.34. The molecule has 10 nitrogen and oxygen atoms in total. The Bertz CT molecular complexity index is 1030. The minimum Gasteiger partial charge on any atom is -0.493 e. The predicted molar refractivity (Wildman–Crippen MR) is 108 cm³/mol. The van der Waals surface area contributed by atoms with E-state index in [1.807, 2.05) is 0 Å². The molecule has 4 rings (SSSR count). The first kappa shape index (κ1) is 20.1. The lowest BCUT2D eigenvalue weighted by molar-refractivity contribution is -0.385. The summed E-state index contributed by atoms with van der Waals surface area (Å²) in [7, 11) is 2.78. The maximum absolute atomic E-state index is 13.1. The van der Waals surface area contributed by atoms with E-state index in [4.69, 9.17) is 9.47 Å². The zero-order valence-corrected chi connectivity index (χ0v) is 17.3. The van der Waals surface area contributed by atoms with Crippen molar-refractivity contribution in [2.45, 2.75) is 25.8 Å². The Morgan fingerprint density at radius 3 is 2.60 bits per heavy atom. The minimum absolute atomic E-state index is 0.0185. The lowest BCUT2D eigenvalue weighted by atomic mass is 10.1. The molecule has 0 radical (unpaired) electrons. The average Bonchev–Trinajstić information content (AvgIpc) is 3.52. The normalized spacial score (nSPS) is 15.3. The summed E-state index contributed by atoms with van der Waals surface area (Å²) in [5.41, 5.74) is 0.440. The molecule has 1 aliphatic carbocycles. The molecule has 2 aromatic rings. The number of hydrogen-bond donors (Lipinski definition) is 1. The standard InChI is InChI=1S/C19H20N4O6S/c1-28-14-7-11(13(23(26)27)8-15(14)29-2)18(25)22-6-5-12-16(9-22)30-19(20-12)21-17(24)10-3-4-10/h7-8,10H,3-6,9H2,1-2H3,(H,20,21,24). The fourth-order valence-corrected chi connectivity index (χ4v) is 4.36. The molecule has 1 fully saturated rings. The zero-order chi connectivity index (χ0) is 21.4. The van der Waals surface area contributed by atoms with E-state index in [9.17, 15) is 19.7 Å². The monoisotopic (exact) mass is 432 g/mol. The van der Waals surface area contributed by atoms with Crippen LogP contribution in [0.3, 0.4) is 0 Å². The Labute approximate surface area is 175 Å². The van der Waals surface area contributed by atoms with Crippen molar-refractivity contribution in [3.05, 3.63) is 38.4 Å². The van der Waals surface area contributed by atoms with Gasteiger partial charge in [-0.1, -0.05) is 11.3 Å². The van der Waals surface area contributed by atoms with Gasteiger partial charge in [0.1, 0.15) is 5.56 Å². The number of aromatic nitrogens is 1. The highest BCUT2D eigenvalue weighted by Gasteiger charge is 2.33. The van der Waals surface area contributed by atoms with Crippen molar-refractivity contribution in [2.75, 3.05) is 26.1 Å². The van der Waals surface area contributed by atoms with Gasteiger partial charge in [-0.25, -0.2) is 4.98 Å². The number of carbonyl (C=O) groups is 2. The van der Waals surface area contributed by atoms with E-state index in [0.717, 1.165) is 23.4 Å². The van der Waals surface area contributed by atoms with E-state index in [1.54, 1.807) is 4.90 Å². The topological polar surface area (TPSA) is 124 Å². The van der Waals surface area contributed by atoms with Crippen LogP contribution in [0.4, 0.5) is 10.8 Å². The van der Waals surface area contributed by atoms with Crippen LogP contribution in [0.1, 0.15) is 33.8 Å². The Morgan fingerprint density at radius 1 is 1.27 bits per heavy atom. The van der Waals surface area contributed by atoms with E-state index >= 15 is 0 Å². The minimum atomic E-state index is -0.608. The first-order valence-corrected chi connectivity index (χ1v) is 10.2. The first-order valence-electron chi connectivity index (χ1n) is 9.40. The Hall–Kier alpha value is -3.21. The van der Waals surface area contributed by atoms with Crippen molar-refractivity contribution >= 4 is 34.0 Å². The number of nitrogens with zero attached hydrogens (tertiary/aromatic N) is 3. The van der Waals surface area contributed by atoms with E-state index in [2.05, 4.69) is 10.3 Å². The molecule has 1 aliphatic heterocycles. The van der Waals surface area contributed by atoms with Crippen molar-refractivity contribution in [2.24, 2.45) is 5.92 Å². The van der Waals surface area contributed by atoms with Gasteiger partial charge in [0.15, 0.2) is 16.6 Å². The van der Waals surface area contributed by atoms with Crippen LogP contribution >= 0.6 is 11.3 Å². The number of hydrogen-bond acceptors (Lipinski definition) is 8. The van der Waals surface area contributed by atoms with Gasteiger partial charge >= 0.3 is 0 Å². The summed E-state index contributed by atoms with van der Waals surface area (Å²) in [6.07, 6.45) is 2.32. The third-order valence-electron chi connectivity index (χ3n) is 5.13. The molecule has 2 amide bonds. The summed E-state index contributed by atoms with van der Waals surface area (Å²) in [5.74, 6) is 0.0158. The molecule has 0 atom stereocenters. The van der Waals surface area contributed by atoms with Gasteiger partial charge in [-0.15, -0.1) is 0 Å². The number of methoxy groups -OCH3 is 2. The van der Waals surface area contributed by atoms with E-state index in [0.29, 0.717) is 18.1 Å². The third kappa shape index (κ3) is 3.80. The highest BCUT2D eigenvalue weighted by Crippen LogP contribution is 2.37. The summed E-state index contributed by atoms with van der Waals surface area (Å²) in [5, 5.41) is 14.9. The second-order valence-electron chi connectivity index (χ2n) is 7.11. The largest absolute Gasteiger partial charge is 0.493 e. The average molecular weight is 432 g/mol. The maximum atomic E-state index is 13.1. The Balaban J connectivity index is 1.57. The van der Waals surface area contributed by atoms with Crippen molar-refractivity contribution in [3.63, 3.8) is 0 Å².